The molecule has 0 spiro atoms. The molecule has 0 rings (SSSR count). The Labute approximate surface area is 71.8 Å². The van der Waals surface area contributed by atoms with Gasteiger partial charge in [-0.3, -0.25) is 4.79 Å². The standard InChI is InChI=1S/C5H11ClN2O2S/c1-8(2)11(3,10)7-5(9)4-6/h4H2,1-3H3/t11-/m0/s1. The molecule has 0 aromatic heterocycles. The molecule has 0 heterocycles. The lowest BCUT2D eigenvalue weighted by atomic mass is 10.8. The van der Waals surface area contributed by atoms with Gasteiger partial charge in [0.2, 0.25) is 0 Å². The van der Waals surface area contributed by atoms with Gasteiger partial charge in [-0.05, 0) is 0 Å². The Morgan fingerprint density at radius 3 is 2.36 bits per heavy atom. The zero-order chi connectivity index (χ0) is 9.07. The Kier molecular flexibility index (Phi) is 3.99. The summed E-state index contributed by atoms with van der Waals surface area (Å²) in [6.45, 7) is 0. The fraction of sp³-hybridized carbons (Fsp3) is 0.800. The molecule has 0 saturated carbocycles. The first-order valence-corrected chi connectivity index (χ1v) is 5.30. The molecule has 11 heavy (non-hydrogen) atoms. The monoisotopic (exact) mass is 198 g/mol. The molecule has 1 atom stereocenters. The fourth-order valence-electron chi connectivity index (χ4n) is 0.295. The molecular weight excluding hydrogens is 188 g/mol. The molecule has 0 bridgehead atoms. The lowest BCUT2D eigenvalue weighted by Gasteiger charge is -2.10. The summed E-state index contributed by atoms with van der Waals surface area (Å²) in [4.78, 5) is 10.6. The van der Waals surface area contributed by atoms with E-state index >= 15 is 0 Å². The summed E-state index contributed by atoms with van der Waals surface area (Å²) in [5.74, 6) is -0.772. The van der Waals surface area contributed by atoms with Crippen molar-refractivity contribution in [1.82, 2.24) is 4.31 Å². The predicted octanol–water partition coefficient (Wildman–Crippen LogP) is 0.326. The third-order valence-electron chi connectivity index (χ3n) is 1.06. The van der Waals surface area contributed by atoms with Gasteiger partial charge in [-0.15, -0.1) is 16.0 Å². The van der Waals surface area contributed by atoms with Gasteiger partial charge in [-0.1, -0.05) is 0 Å². The minimum Gasteiger partial charge on any atom is -0.271 e. The van der Waals surface area contributed by atoms with Crippen molar-refractivity contribution >= 4 is 27.4 Å². The molecular formula is C5H11ClN2O2S. The largest absolute Gasteiger partial charge is 0.271 e. The number of carbonyl (C=O) groups is 1. The van der Waals surface area contributed by atoms with E-state index in [1.54, 1.807) is 14.1 Å². The molecule has 1 amide bonds. The van der Waals surface area contributed by atoms with E-state index in [4.69, 9.17) is 11.6 Å². The molecule has 66 valence electrons. The summed E-state index contributed by atoms with van der Waals surface area (Å²) < 4.78 is 16.1. The van der Waals surface area contributed by atoms with Crippen LogP contribution in [0.2, 0.25) is 0 Å². The first kappa shape index (κ1) is 10.9. The number of rotatable bonds is 2. The van der Waals surface area contributed by atoms with Crippen LogP contribution in [0.3, 0.4) is 0 Å². The number of amides is 1. The normalized spacial score (nSPS) is 16.1. The zero-order valence-corrected chi connectivity index (χ0v) is 8.28. The van der Waals surface area contributed by atoms with Gasteiger partial charge >= 0.3 is 0 Å². The SMILES string of the molecule is CN(C)[S@@](C)(=O)=NC(=O)CCl. The van der Waals surface area contributed by atoms with E-state index in [0.29, 0.717) is 0 Å². The minimum absolute atomic E-state index is 0.224. The lowest BCUT2D eigenvalue weighted by molar-refractivity contribution is -0.115. The molecule has 0 aromatic carbocycles. The van der Waals surface area contributed by atoms with Crippen LogP contribution in [0, 0.1) is 0 Å². The molecule has 0 aliphatic rings. The van der Waals surface area contributed by atoms with Gasteiger partial charge in [0.25, 0.3) is 5.91 Å². The fourth-order valence-corrected chi connectivity index (χ4v) is 1.03. The smallest absolute Gasteiger partial charge is 0.269 e. The van der Waals surface area contributed by atoms with Gasteiger partial charge in [-0.25, -0.2) is 8.51 Å². The van der Waals surface area contributed by atoms with Gasteiger partial charge in [0.05, 0.1) is 0 Å². The number of hydrogen-bond acceptors (Lipinski definition) is 2. The zero-order valence-electron chi connectivity index (χ0n) is 6.70. The van der Waals surface area contributed by atoms with E-state index < -0.39 is 15.8 Å². The maximum Gasteiger partial charge on any atom is 0.269 e. The Morgan fingerprint density at radius 1 is 1.64 bits per heavy atom. The van der Waals surface area contributed by atoms with Crippen LogP contribution in [-0.2, 0) is 14.7 Å². The summed E-state index contributed by atoms with van der Waals surface area (Å²) in [5, 5.41) is 0. The Morgan fingerprint density at radius 2 is 2.09 bits per heavy atom. The van der Waals surface area contributed by atoms with Gasteiger partial charge in [0.15, 0.2) is 0 Å². The maximum absolute atomic E-state index is 11.3. The second-order valence-corrected chi connectivity index (χ2v) is 4.90. The third-order valence-corrected chi connectivity index (χ3v) is 3.19. The molecule has 0 saturated heterocycles. The van der Waals surface area contributed by atoms with E-state index in [0.717, 1.165) is 0 Å². The number of halogens is 1. The predicted molar refractivity (Wildman–Crippen MR) is 45.9 cm³/mol. The van der Waals surface area contributed by atoms with Crippen LogP contribution in [0.1, 0.15) is 0 Å². The Hall–Kier alpha value is -0.130. The van der Waals surface area contributed by atoms with Crippen molar-refractivity contribution in [3.63, 3.8) is 0 Å². The lowest BCUT2D eigenvalue weighted by Crippen LogP contribution is -2.21. The van der Waals surface area contributed by atoms with Crippen molar-refractivity contribution in [3.05, 3.63) is 0 Å². The molecule has 0 N–H and O–H groups in total. The van der Waals surface area contributed by atoms with Gasteiger partial charge in [-0.2, -0.15) is 0 Å². The average Bonchev–Trinajstić information content (AvgIpc) is 1.86. The molecule has 4 nitrogen and oxygen atoms in total. The van der Waals surface area contributed by atoms with Crippen LogP contribution >= 0.6 is 11.6 Å². The summed E-state index contributed by atoms with van der Waals surface area (Å²) in [6.07, 6.45) is 1.39. The minimum atomic E-state index is -2.54. The molecule has 0 fully saturated rings. The van der Waals surface area contributed by atoms with E-state index in [2.05, 4.69) is 4.36 Å². The second-order valence-electron chi connectivity index (χ2n) is 2.19. The highest BCUT2D eigenvalue weighted by Gasteiger charge is 2.06. The van der Waals surface area contributed by atoms with Gasteiger partial charge < -0.3 is 0 Å². The number of hydrogen-bond donors (Lipinski definition) is 0. The van der Waals surface area contributed by atoms with E-state index in [-0.39, 0.29) is 5.88 Å². The van der Waals surface area contributed by atoms with Crippen molar-refractivity contribution in [2.24, 2.45) is 4.36 Å². The van der Waals surface area contributed by atoms with Gasteiger partial charge in [0, 0.05) is 20.4 Å². The average molecular weight is 199 g/mol. The molecule has 6 heteroatoms. The quantitative estimate of drug-likeness (QED) is 0.601. The molecule has 0 unspecified atom stereocenters. The summed E-state index contributed by atoms with van der Waals surface area (Å²) >= 11 is 5.18. The van der Waals surface area contributed by atoms with Crippen LogP contribution < -0.4 is 0 Å². The first-order valence-electron chi connectivity index (χ1n) is 2.88. The second kappa shape index (κ2) is 4.04. The van der Waals surface area contributed by atoms with Crippen molar-refractivity contribution in [3.8, 4) is 0 Å². The molecule has 0 radical (unpaired) electrons. The number of carbonyl (C=O) groups excluding carboxylic acids is 1. The highest BCUT2D eigenvalue weighted by Crippen LogP contribution is 1.95. The summed E-state index contributed by atoms with van der Waals surface area (Å²) in [5.41, 5.74) is 0. The van der Waals surface area contributed by atoms with Crippen molar-refractivity contribution in [2.45, 2.75) is 0 Å². The highest BCUT2D eigenvalue weighted by atomic mass is 35.5. The molecule has 0 aliphatic carbocycles. The number of alkyl halides is 1. The topological polar surface area (TPSA) is 49.7 Å². The van der Waals surface area contributed by atoms with Crippen LogP contribution in [0.4, 0.5) is 0 Å². The van der Waals surface area contributed by atoms with E-state index in [1.807, 2.05) is 0 Å². The summed E-state index contributed by atoms with van der Waals surface area (Å²) in [7, 11) is 0.646. The Bertz CT molecular complexity index is 255. The Balaban J connectivity index is 4.68. The van der Waals surface area contributed by atoms with Crippen molar-refractivity contribution in [1.29, 1.82) is 0 Å². The molecule has 0 aliphatic heterocycles. The third kappa shape index (κ3) is 3.69. The van der Waals surface area contributed by atoms with E-state index in [9.17, 15) is 9.00 Å². The van der Waals surface area contributed by atoms with Crippen molar-refractivity contribution in [2.75, 3.05) is 26.2 Å². The van der Waals surface area contributed by atoms with Crippen LogP contribution in [0.5, 0.6) is 0 Å². The number of nitrogens with zero attached hydrogens (tertiary/aromatic N) is 2. The first-order chi connectivity index (χ1) is 4.90. The van der Waals surface area contributed by atoms with Crippen LogP contribution in [0.15, 0.2) is 4.36 Å². The maximum atomic E-state index is 11.3. The summed E-state index contributed by atoms with van der Waals surface area (Å²) in [6, 6.07) is 0. The van der Waals surface area contributed by atoms with Crippen LogP contribution in [0.25, 0.3) is 0 Å². The van der Waals surface area contributed by atoms with Crippen LogP contribution in [-0.4, -0.2) is 40.7 Å². The van der Waals surface area contributed by atoms with Gasteiger partial charge in [0.1, 0.15) is 15.8 Å². The molecule has 0 aromatic rings. The van der Waals surface area contributed by atoms with E-state index in [1.165, 1.54) is 10.6 Å². The van der Waals surface area contributed by atoms with Crippen molar-refractivity contribution < 1.29 is 9.00 Å². The highest BCUT2D eigenvalue weighted by molar-refractivity contribution is 7.90.